The van der Waals surface area contributed by atoms with Gasteiger partial charge in [-0.1, -0.05) is 0 Å². The smallest absolute Gasteiger partial charge is 0.400 e. The highest BCUT2D eigenvalue weighted by Gasteiger charge is 2.46. The maximum atomic E-state index is 12.5. The minimum absolute atomic E-state index is 0.0686. The van der Waals surface area contributed by atoms with E-state index in [1.54, 1.807) is 0 Å². The molecule has 0 radical (unpaired) electrons. The molecule has 0 aromatic heterocycles. The Kier molecular flexibility index (Phi) is 4.38. The number of nitrogens with zero attached hydrogens (tertiary/aromatic N) is 1. The number of likely N-dealkylation sites (tertiary alicyclic amines) is 1. The van der Waals surface area contributed by atoms with E-state index >= 15 is 0 Å². The van der Waals surface area contributed by atoms with E-state index in [9.17, 15) is 27.6 Å². The number of aliphatic carboxylic acids is 1. The van der Waals surface area contributed by atoms with E-state index in [-0.39, 0.29) is 13.0 Å². The molecule has 0 bridgehead atoms. The predicted octanol–water partition coefficient (Wildman–Crippen LogP) is 0.116. The summed E-state index contributed by atoms with van der Waals surface area (Å²) in [5.74, 6) is -6.53. The van der Waals surface area contributed by atoms with Crippen LogP contribution in [0.1, 0.15) is 19.3 Å². The van der Waals surface area contributed by atoms with E-state index in [1.807, 2.05) is 0 Å². The monoisotopic (exact) mass is 282 g/mol. The van der Waals surface area contributed by atoms with E-state index in [1.165, 1.54) is 0 Å². The van der Waals surface area contributed by atoms with Crippen molar-refractivity contribution in [1.29, 1.82) is 0 Å². The molecule has 0 aliphatic carbocycles. The molecular weight excluding hydrogens is 269 g/mol. The Bertz CT molecular complexity index is 397. The average molecular weight is 282 g/mol. The Morgan fingerprint density at radius 2 is 1.95 bits per heavy atom. The number of hydrogen-bond acceptors (Lipinski definition) is 3. The van der Waals surface area contributed by atoms with Gasteiger partial charge in [0, 0.05) is 13.0 Å². The highest BCUT2D eigenvalue weighted by atomic mass is 19.4. The number of nitrogens with two attached hydrogens (primary N) is 1. The molecule has 1 aliphatic rings. The number of carboxylic acid groups (broad SMARTS) is 1. The lowest BCUT2D eigenvalue weighted by Gasteiger charge is -2.24. The van der Waals surface area contributed by atoms with Crippen molar-refractivity contribution >= 4 is 17.8 Å². The molecule has 19 heavy (non-hydrogen) atoms. The first-order valence-corrected chi connectivity index (χ1v) is 5.53. The Morgan fingerprint density at radius 1 is 1.37 bits per heavy atom. The van der Waals surface area contributed by atoms with Crippen LogP contribution in [-0.2, 0) is 14.4 Å². The molecule has 9 heteroatoms. The highest BCUT2D eigenvalue weighted by Crippen LogP contribution is 2.30. The van der Waals surface area contributed by atoms with Crippen LogP contribution in [0.2, 0.25) is 0 Å². The molecule has 1 saturated heterocycles. The number of amides is 2. The van der Waals surface area contributed by atoms with Gasteiger partial charge in [0.2, 0.25) is 11.8 Å². The van der Waals surface area contributed by atoms with Gasteiger partial charge in [-0.3, -0.25) is 9.59 Å². The normalized spacial score (nSPS) is 21.2. The zero-order chi connectivity index (χ0) is 14.8. The fourth-order valence-corrected chi connectivity index (χ4v) is 1.99. The fraction of sp³-hybridized carbons (Fsp3) is 0.700. The van der Waals surface area contributed by atoms with Gasteiger partial charge in [0.1, 0.15) is 12.0 Å². The van der Waals surface area contributed by atoms with Crippen LogP contribution in [0.5, 0.6) is 0 Å². The summed E-state index contributed by atoms with van der Waals surface area (Å²) < 4.78 is 37.5. The number of carbonyl (C=O) groups excluding carboxylic acids is 2. The summed E-state index contributed by atoms with van der Waals surface area (Å²) in [5, 5.41) is 8.83. The second kappa shape index (κ2) is 5.45. The third kappa shape index (κ3) is 3.58. The van der Waals surface area contributed by atoms with Gasteiger partial charge in [0.25, 0.3) is 0 Å². The number of hydrogen-bond donors (Lipinski definition) is 2. The van der Waals surface area contributed by atoms with Crippen LogP contribution in [0.15, 0.2) is 0 Å². The predicted molar refractivity (Wildman–Crippen MR) is 55.7 cm³/mol. The molecule has 0 aromatic carbocycles. The first-order valence-electron chi connectivity index (χ1n) is 5.53. The largest absolute Gasteiger partial charge is 0.480 e. The molecule has 1 fully saturated rings. The molecule has 6 nitrogen and oxygen atoms in total. The zero-order valence-corrected chi connectivity index (χ0v) is 9.81. The van der Waals surface area contributed by atoms with Crippen LogP contribution >= 0.6 is 0 Å². The maximum Gasteiger partial charge on any atom is 0.400 e. The number of carbonyl (C=O) groups is 3. The molecular formula is C10H13F3N2O4. The Morgan fingerprint density at radius 3 is 2.37 bits per heavy atom. The van der Waals surface area contributed by atoms with Gasteiger partial charge < -0.3 is 15.7 Å². The van der Waals surface area contributed by atoms with Crippen molar-refractivity contribution in [3.8, 4) is 0 Å². The molecule has 1 rings (SSSR count). The van der Waals surface area contributed by atoms with E-state index in [0.29, 0.717) is 6.42 Å². The van der Waals surface area contributed by atoms with Crippen molar-refractivity contribution in [2.24, 2.45) is 11.7 Å². The summed E-state index contributed by atoms with van der Waals surface area (Å²) in [4.78, 5) is 34.1. The SMILES string of the molecule is NC(=O)C(CC(=O)N1CCC[C@H]1C(=O)O)C(F)(F)F. The summed E-state index contributed by atoms with van der Waals surface area (Å²) in [6, 6.07) is -1.13. The lowest BCUT2D eigenvalue weighted by Crippen LogP contribution is -2.44. The molecule has 1 unspecified atom stereocenters. The Balaban J connectivity index is 2.78. The van der Waals surface area contributed by atoms with Gasteiger partial charge >= 0.3 is 12.1 Å². The maximum absolute atomic E-state index is 12.5. The van der Waals surface area contributed by atoms with Crippen LogP contribution < -0.4 is 5.73 Å². The third-order valence-electron chi connectivity index (χ3n) is 2.98. The minimum Gasteiger partial charge on any atom is -0.480 e. The lowest BCUT2D eigenvalue weighted by atomic mass is 10.0. The fourth-order valence-electron chi connectivity index (χ4n) is 1.99. The number of rotatable bonds is 4. The van der Waals surface area contributed by atoms with Gasteiger partial charge in [-0.25, -0.2) is 4.79 Å². The summed E-state index contributed by atoms with van der Waals surface area (Å²) in [7, 11) is 0. The van der Waals surface area contributed by atoms with Gasteiger partial charge in [-0.05, 0) is 12.8 Å². The summed E-state index contributed by atoms with van der Waals surface area (Å²) in [6.07, 6.45) is -5.48. The van der Waals surface area contributed by atoms with E-state index in [0.717, 1.165) is 4.90 Å². The van der Waals surface area contributed by atoms with Crippen molar-refractivity contribution in [2.75, 3.05) is 6.54 Å². The molecule has 1 aliphatic heterocycles. The van der Waals surface area contributed by atoms with Gasteiger partial charge in [-0.15, -0.1) is 0 Å². The molecule has 2 atom stereocenters. The topological polar surface area (TPSA) is 101 Å². The van der Waals surface area contributed by atoms with Crippen LogP contribution in [0.3, 0.4) is 0 Å². The van der Waals surface area contributed by atoms with Crippen molar-refractivity contribution in [2.45, 2.75) is 31.5 Å². The third-order valence-corrected chi connectivity index (χ3v) is 2.98. The zero-order valence-electron chi connectivity index (χ0n) is 9.81. The van der Waals surface area contributed by atoms with Gasteiger partial charge in [-0.2, -0.15) is 13.2 Å². The van der Waals surface area contributed by atoms with Crippen LogP contribution in [0, 0.1) is 5.92 Å². The first-order chi connectivity index (χ1) is 8.64. The number of primary amides is 1. The Hall–Kier alpha value is -1.80. The summed E-state index contributed by atoms with van der Waals surface area (Å²) >= 11 is 0. The molecule has 108 valence electrons. The Labute approximate surface area is 106 Å². The quantitative estimate of drug-likeness (QED) is 0.764. The standard InChI is InChI=1S/C10H13F3N2O4/c11-10(12,13)5(8(14)17)4-7(16)15-3-1-2-6(15)9(18)19/h5-6H,1-4H2,(H2,14,17)(H,18,19)/t5?,6-/m0/s1. The van der Waals surface area contributed by atoms with Crippen LogP contribution in [0.4, 0.5) is 13.2 Å². The number of carboxylic acids is 1. The lowest BCUT2D eigenvalue weighted by molar-refractivity contribution is -0.185. The van der Waals surface area contributed by atoms with E-state index in [4.69, 9.17) is 5.11 Å². The van der Waals surface area contributed by atoms with E-state index in [2.05, 4.69) is 5.73 Å². The number of halogens is 3. The van der Waals surface area contributed by atoms with Crippen molar-refractivity contribution in [3.05, 3.63) is 0 Å². The second-order valence-electron chi connectivity index (χ2n) is 4.28. The molecule has 1 heterocycles. The molecule has 0 spiro atoms. The molecule has 0 saturated carbocycles. The number of alkyl halides is 3. The van der Waals surface area contributed by atoms with Gasteiger partial charge in [0.05, 0.1) is 0 Å². The van der Waals surface area contributed by atoms with Crippen molar-refractivity contribution in [1.82, 2.24) is 4.90 Å². The first kappa shape index (κ1) is 15.3. The molecule has 3 N–H and O–H groups in total. The van der Waals surface area contributed by atoms with Crippen molar-refractivity contribution in [3.63, 3.8) is 0 Å². The minimum atomic E-state index is -4.92. The van der Waals surface area contributed by atoms with E-state index < -0.39 is 42.3 Å². The van der Waals surface area contributed by atoms with Gasteiger partial charge in [0.15, 0.2) is 0 Å². The summed E-state index contributed by atoms with van der Waals surface area (Å²) in [5.41, 5.74) is 4.62. The molecule has 2 amide bonds. The highest BCUT2D eigenvalue weighted by molar-refractivity contribution is 5.88. The average Bonchev–Trinajstić information content (AvgIpc) is 2.72. The second-order valence-corrected chi connectivity index (χ2v) is 4.28. The summed E-state index contributed by atoms with van der Waals surface area (Å²) in [6.45, 7) is 0.0686. The van der Waals surface area contributed by atoms with Crippen LogP contribution in [0.25, 0.3) is 0 Å². The van der Waals surface area contributed by atoms with Crippen molar-refractivity contribution < 1.29 is 32.7 Å². The molecule has 0 aromatic rings. The van der Waals surface area contributed by atoms with Crippen LogP contribution in [-0.4, -0.2) is 46.6 Å².